The molecule has 2 amide bonds. The van der Waals surface area contributed by atoms with Crippen molar-refractivity contribution in [3.05, 3.63) is 95.6 Å². The van der Waals surface area contributed by atoms with E-state index < -0.39 is 24.4 Å². The highest BCUT2D eigenvalue weighted by atomic mass is 19.1. The molecule has 1 heterocycles. The maximum atomic E-state index is 14.4. The van der Waals surface area contributed by atoms with Gasteiger partial charge in [-0.25, -0.2) is 14.0 Å². The van der Waals surface area contributed by atoms with E-state index in [1.54, 1.807) is 0 Å². The van der Waals surface area contributed by atoms with Crippen LogP contribution in [0.5, 0.6) is 0 Å². The third-order valence-corrected chi connectivity index (χ3v) is 6.53. The molecule has 0 radical (unpaired) electrons. The molecule has 0 unspecified atom stereocenters. The first-order valence-corrected chi connectivity index (χ1v) is 11.8. The predicted octanol–water partition coefficient (Wildman–Crippen LogP) is 5.27. The molecule has 1 N–H and O–H groups in total. The Morgan fingerprint density at radius 3 is 2.17 bits per heavy atom. The highest BCUT2D eigenvalue weighted by molar-refractivity contribution is 5.79. The van der Waals surface area contributed by atoms with Gasteiger partial charge in [-0.1, -0.05) is 78.9 Å². The van der Waals surface area contributed by atoms with E-state index in [1.165, 1.54) is 4.90 Å². The van der Waals surface area contributed by atoms with Crippen LogP contribution in [0.4, 0.5) is 14.0 Å². The number of hydrogen-bond donors (Lipinski definition) is 1. The third kappa shape index (κ3) is 5.14. The maximum Gasteiger partial charge on any atom is 0.409 e. The summed E-state index contributed by atoms with van der Waals surface area (Å²) in [6.07, 6.45) is -2.36. The summed E-state index contributed by atoms with van der Waals surface area (Å²) in [5.41, 5.74) is 5.37. The van der Waals surface area contributed by atoms with E-state index in [9.17, 15) is 14.0 Å². The van der Waals surface area contributed by atoms with E-state index in [0.29, 0.717) is 0 Å². The van der Waals surface area contributed by atoms with Crippen LogP contribution in [0.3, 0.4) is 0 Å². The summed E-state index contributed by atoms with van der Waals surface area (Å²) in [7, 11) is 0. The van der Waals surface area contributed by atoms with Crippen LogP contribution in [0.15, 0.2) is 78.9 Å². The average molecular weight is 475 g/mol. The van der Waals surface area contributed by atoms with Crippen molar-refractivity contribution in [2.45, 2.75) is 31.2 Å². The number of amides is 2. The van der Waals surface area contributed by atoms with Crippen LogP contribution < -0.4 is 5.32 Å². The minimum atomic E-state index is -1.26. The number of benzene rings is 3. The molecule has 0 spiro atoms. The number of alkyl halides is 1. The van der Waals surface area contributed by atoms with E-state index in [2.05, 4.69) is 17.4 Å². The lowest BCUT2D eigenvalue weighted by Gasteiger charge is -2.34. The zero-order valence-corrected chi connectivity index (χ0v) is 19.2. The van der Waals surface area contributed by atoms with Gasteiger partial charge in [0.15, 0.2) is 0 Å². The fourth-order valence-corrected chi connectivity index (χ4v) is 4.91. The Kier molecular flexibility index (Phi) is 6.66. The molecule has 7 heteroatoms. The van der Waals surface area contributed by atoms with Crippen molar-refractivity contribution >= 4 is 12.2 Å². The number of likely N-dealkylation sites (tertiary alicyclic amines) is 1. The molecule has 35 heavy (non-hydrogen) atoms. The Balaban J connectivity index is 1.17. The van der Waals surface area contributed by atoms with Crippen LogP contribution in [0.2, 0.25) is 0 Å². The van der Waals surface area contributed by atoms with Gasteiger partial charge in [0.05, 0.1) is 12.6 Å². The summed E-state index contributed by atoms with van der Waals surface area (Å²) in [6.45, 7) is 0.386. The van der Waals surface area contributed by atoms with Crippen molar-refractivity contribution in [2.24, 2.45) is 0 Å². The Bertz CT molecular complexity index is 1160. The monoisotopic (exact) mass is 474 g/mol. The third-order valence-electron chi connectivity index (χ3n) is 6.53. The molecule has 2 aliphatic rings. The Morgan fingerprint density at radius 2 is 1.49 bits per heavy atom. The second kappa shape index (κ2) is 10.2. The predicted molar refractivity (Wildman–Crippen MR) is 130 cm³/mol. The summed E-state index contributed by atoms with van der Waals surface area (Å²) in [5, 5.41) is 2.68. The Hall–Kier alpha value is -3.87. The Labute approximate surface area is 203 Å². The Morgan fingerprint density at radius 1 is 0.857 bits per heavy atom. The van der Waals surface area contributed by atoms with E-state index in [-0.39, 0.29) is 38.6 Å². The quantitative estimate of drug-likeness (QED) is 0.547. The van der Waals surface area contributed by atoms with Gasteiger partial charge >= 0.3 is 12.2 Å². The minimum Gasteiger partial charge on any atom is -0.448 e. The molecule has 3 aromatic carbocycles. The number of carbonyl (C=O) groups is 2. The van der Waals surface area contributed by atoms with Crippen molar-refractivity contribution in [3.8, 4) is 11.1 Å². The molecular weight excluding hydrogens is 447 g/mol. The summed E-state index contributed by atoms with van der Waals surface area (Å²) in [4.78, 5) is 26.4. The zero-order valence-electron chi connectivity index (χ0n) is 19.2. The molecule has 1 fully saturated rings. The lowest BCUT2D eigenvalue weighted by molar-refractivity contribution is 0.0619. The fraction of sp³-hybridized carbons (Fsp3) is 0.286. The SMILES string of the molecule is O=C(N[C@H]1C[C@@H](F)CN(C(=O)OCC2c3ccccc3-c3ccccc32)C1)OCc1ccccc1. The van der Waals surface area contributed by atoms with Crippen molar-refractivity contribution in [2.75, 3.05) is 19.7 Å². The van der Waals surface area contributed by atoms with Gasteiger partial charge in [-0.05, 0) is 27.8 Å². The number of halogens is 1. The van der Waals surface area contributed by atoms with Gasteiger partial charge in [0, 0.05) is 18.9 Å². The van der Waals surface area contributed by atoms with Gasteiger partial charge in [0.25, 0.3) is 0 Å². The van der Waals surface area contributed by atoms with Crippen LogP contribution in [0, 0.1) is 0 Å². The fourth-order valence-electron chi connectivity index (χ4n) is 4.91. The second-order valence-electron chi connectivity index (χ2n) is 8.94. The molecule has 3 aromatic rings. The van der Waals surface area contributed by atoms with E-state index >= 15 is 0 Å². The number of hydrogen-bond acceptors (Lipinski definition) is 4. The van der Waals surface area contributed by atoms with Crippen molar-refractivity contribution in [3.63, 3.8) is 0 Å². The molecule has 1 aliphatic heterocycles. The number of carbonyl (C=O) groups excluding carboxylic acids is 2. The number of nitrogens with zero attached hydrogens (tertiary/aromatic N) is 1. The van der Waals surface area contributed by atoms with Crippen LogP contribution in [-0.2, 0) is 16.1 Å². The van der Waals surface area contributed by atoms with Gasteiger partial charge in [-0.3, -0.25) is 0 Å². The van der Waals surface area contributed by atoms with Gasteiger partial charge in [-0.2, -0.15) is 0 Å². The summed E-state index contributed by atoms with van der Waals surface area (Å²) in [5.74, 6) is -0.0702. The molecule has 6 nitrogen and oxygen atoms in total. The molecule has 180 valence electrons. The van der Waals surface area contributed by atoms with Gasteiger partial charge < -0.3 is 19.7 Å². The number of alkyl carbamates (subject to hydrolysis) is 1. The first kappa shape index (κ1) is 22.9. The molecule has 2 atom stereocenters. The van der Waals surface area contributed by atoms with Crippen LogP contribution in [-0.4, -0.2) is 49.0 Å². The highest BCUT2D eigenvalue weighted by Gasteiger charge is 2.34. The number of nitrogens with one attached hydrogen (secondary N) is 1. The van der Waals surface area contributed by atoms with Crippen molar-refractivity contribution in [1.82, 2.24) is 10.2 Å². The van der Waals surface area contributed by atoms with Crippen molar-refractivity contribution < 1.29 is 23.5 Å². The standard InChI is InChI=1S/C28H27FN2O4/c29-20-14-21(30-27(32)34-17-19-8-2-1-3-9-19)16-31(15-20)28(33)35-18-26-24-12-6-4-10-22(24)23-11-5-7-13-25(23)26/h1-13,20-21,26H,14-18H2,(H,30,32)/t20-,21+/m1/s1. The summed E-state index contributed by atoms with van der Waals surface area (Å²) >= 11 is 0. The second-order valence-corrected chi connectivity index (χ2v) is 8.94. The average Bonchev–Trinajstić information content (AvgIpc) is 3.20. The number of fused-ring (bicyclic) bond motifs is 3. The number of piperidine rings is 1. The van der Waals surface area contributed by atoms with Crippen molar-refractivity contribution in [1.29, 1.82) is 0 Å². The van der Waals surface area contributed by atoms with Gasteiger partial charge in [0.1, 0.15) is 19.4 Å². The smallest absolute Gasteiger partial charge is 0.409 e. The molecular formula is C28H27FN2O4. The molecule has 1 aliphatic carbocycles. The van der Waals surface area contributed by atoms with E-state index in [0.717, 1.165) is 27.8 Å². The maximum absolute atomic E-state index is 14.4. The lowest BCUT2D eigenvalue weighted by Crippen LogP contribution is -2.53. The van der Waals surface area contributed by atoms with Crippen LogP contribution >= 0.6 is 0 Å². The molecule has 1 saturated heterocycles. The minimum absolute atomic E-state index is 0.0616. The van der Waals surface area contributed by atoms with Crippen LogP contribution in [0.1, 0.15) is 29.0 Å². The summed E-state index contributed by atoms with van der Waals surface area (Å²) < 4.78 is 25.3. The molecule has 0 aromatic heterocycles. The van der Waals surface area contributed by atoms with Gasteiger partial charge in [0.2, 0.25) is 0 Å². The molecule has 0 bridgehead atoms. The molecule has 5 rings (SSSR count). The topological polar surface area (TPSA) is 67.9 Å². The lowest BCUT2D eigenvalue weighted by atomic mass is 9.98. The van der Waals surface area contributed by atoms with E-state index in [1.807, 2.05) is 66.7 Å². The largest absolute Gasteiger partial charge is 0.448 e. The highest BCUT2D eigenvalue weighted by Crippen LogP contribution is 2.44. The number of rotatable bonds is 5. The normalized spacial score (nSPS) is 18.9. The first-order chi connectivity index (χ1) is 17.1. The number of ether oxygens (including phenoxy) is 2. The van der Waals surface area contributed by atoms with Gasteiger partial charge in [-0.15, -0.1) is 0 Å². The first-order valence-electron chi connectivity index (χ1n) is 11.8. The summed E-state index contributed by atoms with van der Waals surface area (Å²) in [6, 6.07) is 24.9. The van der Waals surface area contributed by atoms with E-state index in [4.69, 9.17) is 9.47 Å². The molecule has 0 saturated carbocycles. The van der Waals surface area contributed by atoms with Crippen LogP contribution in [0.25, 0.3) is 11.1 Å². The zero-order chi connectivity index (χ0) is 24.2.